The fraction of sp³-hybridized carbons (Fsp3) is 1.00. The second-order valence-corrected chi connectivity index (χ2v) is 6.84. The molecule has 0 aromatic rings. The smallest absolute Gasteiger partial charge is 0.171 e. The van der Waals surface area contributed by atoms with Gasteiger partial charge in [-0.2, -0.15) is 0 Å². The van der Waals surface area contributed by atoms with Gasteiger partial charge in [0.1, 0.15) is 0 Å². The van der Waals surface area contributed by atoms with Gasteiger partial charge >= 0.3 is 0 Å². The molecule has 0 amide bonds. The fourth-order valence-electron chi connectivity index (χ4n) is 4.13. The van der Waals surface area contributed by atoms with E-state index in [1.54, 1.807) is 14.2 Å². The van der Waals surface area contributed by atoms with Crippen molar-refractivity contribution in [2.24, 2.45) is 0 Å². The fourth-order valence-corrected chi connectivity index (χ4v) is 4.13. The van der Waals surface area contributed by atoms with Crippen molar-refractivity contribution in [3.05, 3.63) is 0 Å². The maximum atomic E-state index is 5.38. The first-order valence-electron chi connectivity index (χ1n) is 8.76. The summed E-state index contributed by atoms with van der Waals surface area (Å²) in [6.07, 6.45) is 10.8. The standard InChI is InChI=1S/C17H34N2O2/c1-15(16(20-2)21-3)18-14-17(10-6-4-7-11-17)19-12-8-5-9-13-19/h15-16,18H,4-14H2,1-3H3. The van der Waals surface area contributed by atoms with Gasteiger partial charge in [-0.15, -0.1) is 0 Å². The zero-order valence-corrected chi connectivity index (χ0v) is 14.2. The third kappa shape index (κ3) is 4.41. The monoisotopic (exact) mass is 298 g/mol. The molecule has 0 aromatic heterocycles. The highest BCUT2D eigenvalue weighted by molar-refractivity contribution is 4.96. The minimum atomic E-state index is -0.160. The molecule has 2 aliphatic rings. The summed E-state index contributed by atoms with van der Waals surface area (Å²) in [5.74, 6) is 0. The van der Waals surface area contributed by atoms with E-state index in [9.17, 15) is 0 Å². The number of hydrogen-bond donors (Lipinski definition) is 1. The Hall–Kier alpha value is -0.160. The van der Waals surface area contributed by atoms with Gasteiger partial charge in [-0.1, -0.05) is 25.7 Å². The maximum Gasteiger partial charge on any atom is 0.171 e. The predicted molar refractivity (Wildman–Crippen MR) is 86.5 cm³/mol. The van der Waals surface area contributed by atoms with Gasteiger partial charge in [0, 0.05) is 26.3 Å². The summed E-state index contributed by atoms with van der Waals surface area (Å²) in [7, 11) is 3.43. The van der Waals surface area contributed by atoms with Crippen LogP contribution in [0.15, 0.2) is 0 Å². The minimum Gasteiger partial charge on any atom is -0.354 e. The number of nitrogens with one attached hydrogen (secondary N) is 1. The Morgan fingerprint density at radius 1 is 0.952 bits per heavy atom. The molecule has 21 heavy (non-hydrogen) atoms. The van der Waals surface area contributed by atoms with E-state index in [2.05, 4.69) is 17.1 Å². The molecule has 1 atom stereocenters. The van der Waals surface area contributed by atoms with Crippen LogP contribution in [0.3, 0.4) is 0 Å². The molecule has 0 radical (unpaired) electrons. The first-order chi connectivity index (χ1) is 10.2. The molecular formula is C17H34N2O2. The topological polar surface area (TPSA) is 33.7 Å². The Bertz CT molecular complexity index is 283. The van der Waals surface area contributed by atoms with Crippen molar-refractivity contribution in [3.8, 4) is 0 Å². The lowest BCUT2D eigenvalue weighted by molar-refractivity contribution is -0.121. The van der Waals surface area contributed by atoms with Gasteiger partial charge in [0.25, 0.3) is 0 Å². The summed E-state index contributed by atoms with van der Waals surface area (Å²) in [6, 6.07) is 0.226. The molecule has 1 heterocycles. The van der Waals surface area contributed by atoms with E-state index >= 15 is 0 Å². The van der Waals surface area contributed by atoms with Gasteiger partial charge in [-0.05, 0) is 45.7 Å². The molecule has 1 saturated heterocycles. The molecule has 124 valence electrons. The molecule has 1 saturated carbocycles. The Morgan fingerprint density at radius 3 is 2.10 bits per heavy atom. The summed E-state index contributed by atoms with van der Waals surface area (Å²) in [4.78, 5) is 2.78. The molecule has 0 spiro atoms. The van der Waals surface area contributed by atoms with Gasteiger partial charge in [0.05, 0.1) is 6.04 Å². The maximum absolute atomic E-state index is 5.38. The van der Waals surface area contributed by atoms with Gasteiger partial charge < -0.3 is 14.8 Å². The number of hydrogen-bond acceptors (Lipinski definition) is 4. The lowest BCUT2D eigenvalue weighted by atomic mass is 9.79. The molecule has 2 fully saturated rings. The molecule has 4 heteroatoms. The van der Waals surface area contributed by atoms with Gasteiger partial charge in [0.2, 0.25) is 0 Å². The van der Waals surface area contributed by atoms with Crippen LogP contribution in [0, 0.1) is 0 Å². The molecule has 1 aliphatic carbocycles. The predicted octanol–water partition coefficient (Wildman–Crippen LogP) is 2.77. The first kappa shape index (κ1) is 17.2. The van der Waals surface area contributed by atoms with Crippen molar-refractivity contribution in [2.45, 2.75) is 76.2 Å². The van der Waals surface area contributed by atoms with Gasteiger partial charge in [0.15, 0.2) is 6.29 Å². The zero-order chi connectivity index (χ0) is 15.1. The van der Waals surface area contributed by atoms with Crippen LogP contribution >= 0.6 is 0 Å². The lowest BCUT2D eigenvalue weighted by Gasteiger charge is -2.49. The zero-order valence-electron chi connectivity index (χ0n) is 14.2. The molecule has 1 unspecified atom stereocenters. The number of ether oxygens (including phenoxy) is 2. The van der Waals surface area contributed by atoms with Crippen molar-refractivity contribution in [2.75, 3.05) is 33.9 Å². The summed E-state index contributed by atoms with van der Waals surface area (Å²) in [5.41, 5.74) is 0.374. The third-order valence-corrected chi connectivity index (χ3v) is 5.44. The molecule has 4 nitrogen and oxygen atoms in total. The van der Waals surface area contributed by atoms with Crippen LogP contribution < -0.4 is 5.32 Å². The van der Waals surface area contributed by atoms with E-state index in [1.165, 1.54) is 64.5 Å². The van der Waals surface area contributed by atoms with Crippen molar-refractivity contribution >= 4 is 0 Å². The Kier molecular flexibility index (Phi) is 6.93. The molecule has 0 aromatic carbocycles. The van der Waals surface area contributed by atoms with Crippen molar-refractivity contribution in [1.29, 1.82) is 0 Å². The average molecular weight is 298 g/mol. The molecule has 1 N–H and O–H groups in total. The van der Waals surface area contributed by atoms with E-state index in [0.717, 1.165) is 6.54 Å². The number of methoxy groups -OCH3 is 2. The van der Waals surface area contributed by atoms with Crippen molar-refractivity contribution in [1.82, 2.24) is 10.2 Å². The van der Waals surface area contributed by atoms with E-state index in [4.69, 9.17) is 9.47 Å². The van der Waals surface area contributed by atoms with E-state index in [0.29, 0.717) is 5.54 Å². The second kappa shape index (κ2) is 8.47. The number of rotatable bonds is 7. The van der Waals surface area contributed by atoms with Gasteiger partial charge in [-0.3, -0.25) is 4.90 Å². The van der Waals surface area contributed by atoms with Crippen LogP contribution in [-0.2, 0) is 9.47 Å². The second-order valence-electron chi connectivity index (χ2n) is 6.84. The Balaban J connectivity index is 1.95. The SMILES string of the molecule is COC(OC)C(C)NCC1(N2CCCCC2)CCCCC1. The van der Waals surface area contributed by atoms with Crippen LogP contribution in [0.1, 0.15) is 58.3 Å². The average Bonchev–Trinajstić information content (AvgIpc) is 2.56. The highest BCUT2D eigenvalue weighted by atomic mass is 16.7. The van der Waals surface area contributed by atoms with Gasteiger partial charge in [-0.25, -0.2) is 0 Å². The van der Waals surface area contributed by atoms with Crippen LogP contribution in [0.25, 0.3) is 0 Å². The van der Waals surface area contributed by atoms with Crippen LogP contribution in [0.5, 0.6) is 0 Å². The van der Waals surface area contributed by atoms with Crippen LogP contribution in [0.4, 0.5) is 0 Å². The lowest BCUT2D eigenvalue weighted by Crippen LogP contribution is -2.59. The molecule has 0 bridgehead atoms. The molecule has 1 aliphatic heterocycles. The highest BCUT2D eigenvalue weighted by Gasteiger charge is 2.38. The first-order valence-corrected chi connectivity index (χ1v) is 8.76. The van der Waals surface area contributed by atoms with Crippen molar-refractivity contribution < 1.29 is 9.47 Å². The van der Waals surface area contributed by atoms with E-state index < -0.39 is 0 Å². The summed E-state index contributed by atoms with van der Waals surface area (Å²) >= 11 is 0. The van der Waals surface area contributed by atoms with E-state index in [1.807, 2.05) is 0 Å². The third-order valence-electron chi connectivity index (χ3n) is 5.44. The number of piperidine rings is 1. The van der Waals surface area contributed by atoms with Crippen molar-refractivity contribution in [3.63, 3.8) is 0 Å². The Labute approximate surface area is 130 Å². The molecule has 2 rings (SSSR count). The number of nitrogens with zero attached hydrogens (tertiary/aromatic N) is 1. The van der Waals surface area contributed by atoms with Crippen LogP contribution in [0.2, 0.25) is 0 Å². The molecular weight excluding hydrogens is 264 g/mol. The summed E-state index contributed by atoms with van der Waals surface area (Å²) < 4.78 is 10.8. The number of likely N-dealkylation sites (tertiary alicyclic amines) is 1. The Morgan fingerprint density at radius 2 is 1.52 bits per heavy atom. The minimum absolute atomic E-state index is 0.160. The summed E-state index contributed by atoms with van der Waals surface area (Å²) in [5, 5.41) is 3.70. The normalized spacial score (nSPS) is 25.1. The quantitative estimate of drug-likeness (QED) is 0.733. The van der Waals surface area contributed by atoms with Crippen LogP contribution in [-0.4, -0.2) is 56.6 Å². The van der Waals surface area contributed by atoms with E-state index in [-0.39, 0.29) is 12.3 Å². The summed E-state index contributed by atoms with van der Waals surface area (Å²) in [6.45, 7) is 5.80. The highest BCUT2D eigenvalue weighted by Crippen LogP contribution is 2.35. The largest absolute Gasteiger partial charge is 0.354 e.